The molecule has 0 spiro atoms. The smallest absolute Gasteiger partial charge is 0.324 e. The highest BCUT2D eigenvalue weighted by Gasteiger charge is 2.35. The van der Waals surface area contributed by atoms with Crippen molar-refractivity contribution in [1.29, 1.82) is 0 Å². The fourth-order valence-corrected chi connectivity index (χ4v) is 2.50. The molecule has 2 amide bonds. The van der Waals surface area contributed by atoms with Gasteiger partial charge in [0, 0.05) is 30.5 Å². The van der Waals surface area contributed by atoms with Crippen LogP contribution in [0.1, 0.15) is 25.0 Å². The van der Waals surface area contributed by atoms with Crippen LogP contribution in [-0.4, -0.2) is 36.6 Å². The lowest BCUT2D eigenvalue weighted by molar-refractivity contribution is 0.146. The zero-order valence-corrected chi connectivity index (χ0v) is 13.8. The number of aromatic nitrogens is 2. The number of urea groups is 1. The molecule has 2 unspecified atom stereocenters. The maximum atomic E-state index is 12.0. The van der Waals surface area contributed by atoms with Crippen LogP contribution in [-0.2, 0) is 4.74 Å². The van der Waals surface area contributed by atoms with Gasteiger partial charge in [0.1, 0.15) is 12.4 Å². The zero-order chi connectivity index (χ0) is 16.9. The quantitative estimate of drug-likeness (QED) is 0.680. The van der Waals surface area contributed by atoms with Crippen molar-refractivity contribution in [2.45, 2.75) is 19.3 Å². The van der Waals surface area contributed by atoms with Crippen molar-refractivity contribution in [2.75, 3.05) is 31.0 Å². The average Bonchev–Trinajstić information content (AvgIpc) is 3.12. The van der Waals surface area contributed by atoms with Gasteiger partial charge in [-0.1, -0.05) is 6.92 Å². The Morgan fingerprint density at radius 3 is 2.71 bits per heavy atom. The second-order valence-electron chi connectivity index (χ2n) is 5.97. The van der Waals surface area contributed by atoms with Crippen molar-refractivity contribution in [3.05, 3.63) is 36.0 Å². The number of H-pyrrole nitrogens is 1. The number of amides is 2. The third-order valence-corrected chi connectivity index (χ3v) is 4.02. The predicted molar refractivity (Wildman–Crippen MR) is 91.6 cm³/mol. The summed E-state index contributed by atoms with van der Waals surface area (Å²) < 4.78 is 10.4. The molecule has 2 atom stereocenters. The number of hydrogen-bond acceptors (Lipinski definition) is 4. The number of carbonyl (C=O) groups excluding carboxylic acids is 1. The van der Waals surface area contributed by atoms with E-state index >= 15 is 0 Å². The highest BCUT2D eigenvalue weighted by molar-refractivity contribution is 5.99. The van der Waals surface area contributed by atoms with Gasteiger partial charge in [-0.15, -0.1) is 0 Å². The molecule has 1 saturated carbocycles. The van der Waals surface area contributed by atoms with E-state index in [4.69, 9.17) is 9.47 Å². The number of carbonyl (C=O) groups is 1. The van der Waals surface area contributed by atoms with Gasteiger partial charge in [0.2, 0.25) is 0 Å². The van der Waals surface area contributed by atoms with Gasteiger partial charge in [-0.25, -0.2) is 4.79 Å². The molecule has 1 heterocycles. The van der Waals surface area contributed by atoms with Crippen molar-refractivity contribution >= 4 is 17.5 Å². The molecule has 1 aromatic carbocycles. The second kappa shape index (κ2) is 7.35. The van der Waals surface area contributed by atoms with E-state index in [-0.39, 0.29) is 6.03 Å². The first-order chi connectivity index (χ1) is 11.7. The predicted octanol–water partition coefficient (Wildman–Crippen LogP) is 3.20. The molecule has 1 fully saturated rings. The third-order valence-electron chi connectivity index (χ3n) is 4.02. The highest BCUT2D eigenvalue weighted by Crippen LogP contribution is 2.46. The SMILES string of the molecule is COCCOc1ccc(NC(=O)Nc2cc(C3CC3C)[nH]n2)cc1. The van der Waals surface area contributed by atoms with Crippen LogP contribution in [0.4, 0.5) is 16.3 Å². The Morgan fingerprint density at radius 2 is 2.04 bits per heavy atom. The Morgan fingerprint density at radius 1 is 1.29 bits per heavy atom. The molecular weight excluding hydrogens is 308 g/mol. The average molecular weight is 330 g/mol. The maximum absolute atomic E-state index is 12.0. The molecule has 128 valence electrons. The van der Waals surface area contributed by atoms with E-state index in [0.717, 1.165) is 11.4 Å². The first kappa shape index (κ1) is 16.3. The van der Waals surface area contributed by atoms with Gasteiger partial charge in [0.05, 0.1) is 6.61 Å². The molecule has 1 aliphatic rings. The van der Waals surface area contributed by atoms with Crippen molar-refractivity contribution in [3.8, 4) is 5.75 Å². The van der Waals surface area contributed by atoms with Crippen molar-refractivity contribution < 1.29 is 14.3 Å². The van der Waals surface area contributed by atoms with Crippen LogP contribution in [0.5, 0.6) is 5.75 Å². The Hall–Kier alpha value is -2.54. The maximum Gasteiger partial charge on any atom is 0.324 e. The van der Waals surface area contributed by atoms with Crippen LogP contribution >= 0.6 is 0 Å². The molecule has 0 bridgehead atoms. The van der Waals surface area contributed by atoms with Crippen LogP contribution in [0.25, 0.3) is 0 Å². The fourth-order valence-electron chi connectivity index (χ4n) is 2.50. The Bertz CT molecular complexity index is 683. The van der Waals surface area contributed by atoms with Gasteiger partial charge >= 0.3 is 6.03 Å². The number of ether oxygens (including phenoxy) is 2. The lowest BCUT2D eigenvalue weighted by Gasteiger charge is -2.08. The summed E-state index contributed by atoms with van der Waals surface area (Å²) in [7, 11) is 1.63. The zero-order valence-electron chi connectivity index (χ0n) is 13.8. The summed E-state index contributed by atoms with van der Waals surface area (Å²) in [6, 6.07) is 8.72. The number of nitrogens with zero attached hydrogens (tertiary/aromatic N) is 1. The molecule has 3 N–H and O–H groups in total. The minimum Gasteiger partial charge on any atom is -0.491 e. The van der Waals surface area contributed by atoms with Crippen molar-refractivity contribution in [1.82, 2.24) is 10.2 Å². The molecule has 24 heavy (non-hydrogen) atoms. The van der Waals surface area contributed by atoms with Gasteiger partial charge in [-0.2, -0.15) is 5.10 Å². The number of benzene rings is 1. The molecule has 0 saturated heterocycles. The van der Waals surface area contributed by atoms with E-state index < -0.39 is 0 Å². The molecular formula is C17H22N4O3. The molecule has 0 radical (unpaired) electrons. The summed E-state index contributed by atoms with van der Waals surface area (Å²) in [5.74, 6) is 2.49. The first-order valence-corrected chi connectivity index (χ1v) is 8.01. The van der Waals surface area contributed by atoms with E-state index in [1.807, 2.05) is 6.07 Å². The van der Waals surface area contributed by atoms with E-state index in [9.17, 15) is 4.79 Å². The van der Waals surface area contributed by atoms with Crippen molar-refractivity contribution in [3.63, 3.8) is 0 Å². The Labute approximate surface area is 140 Å². The van der Waals surface area contributed by atoms with Crippen LogP contribution in [0, 0.1) is 5.92 Å². The van der Waals surface area contributed by atoms with Crippen LogP contribution in [0.15, 0.2) is 30.3 Å². The molecule has 3 rings (SSSR count). The molecule has 1 aromatic heterocycles. The van der Waals surface area contributed by atoms with Crippen LogP contribution < -0.4 is 15.4 Å². The second-order valence-corrected chi connectivity index (χ2v) is 5.97. The topological polar surface area (TPSA) is 88.3 Å². The monoisotopic (exact) mass is 330 g/mol. The summed E-state index contributed by atoms with van der Waals surface area (Å²) in [6.45, 7) is 3.23. The molecule has 2 aromatic rings. The Kier molecular flexibility index (Phi) is 5.00. The summed E-state index contributed by atoms with van der Waals surface area (Å²) in [4.78, 5) is 12.0. The summed E-state index contributed by atoms with van der Waals surface area (Å²) in [5, 5.41) is 12.6. The van der Waals surface area contributed by atoms with Crippen LogP contribution in [0.3, 0.4) is 0 Å². The number of anilines is 2. The van der Waals surface area contributed by atoms with E-state index in [1.54, 1.807) is 31.4 Å². The third kappa shape index (κ3) is 4.26. The lowest BCUT2D eigenvalue weighted by Crippen LogP contribution is -2.19. The van der Waals surface area contributed by atoms with E-state index in [1.165, 1.54) is 6.42 Å². The minimum atomic E-state index is -0.329. The highest BCUT2D eigenvalue weighted by atomic mass is 16.5. The van der Waals surface area contributed by atoms with Crippen molar-refractivity contribution in [2.24, 2.45) is 5.92 Å². The number of hydrogen-bond donors (Lipinski definition) is 3. The molecule has 0 aliphatic heterocycles. The summed E-state index contributed by atoms with van der Waals surface area (Å²) >= 11 is 0. The number of methoxy groups -OCH3 is 1. The Balaban J connectivity index is 1.48. The molecule has 7 heteroatoms. The first-order valence-electron chi connectivity index (χ1n) is 8.01. The fraction of sp³-hybridized carbons (Fsp3) is 0.412. The molecule has 1 aliphatic carbocycles. The standard InChI is InChI=1S/C17H22N4O3/c1-11-9-14(11)15-10-16(21-20-15)19-17(22)18-12-3-5-13(6-4-12)24-8-7-23-2/h3-6,10-11,14H,7-9H2,1-2H3,(H3,18,19,20,21,22). The molecule has 7 nitrogen and oxygen atoms in total. The van der Waals surface area contributed by atoms with Gasteiger partial charge in [0.25, 0.3) is 0 Å². The largest absolute Gasteiger partial charge is 0.491 e. The number of nitrogens with one attached hydrogen (secondary N) is 3. The summed E-state index contributed by atoms with van der Waals surface area (Å²) in [6.07, 6.45) is 1.17. The van der Waals surface area contributed by atoms with E-state index in [0.29, 0.717) is 36.6 Å². The summed E-state index contributed by atoms with van der Waals surface area (Å²) in [5.41, 5.74) is 1.76. The number of rotatable bonds is 7. The van der Waals surface area contributed by atoms with Gasteiger partial charge < -0.3 is 14.8 Å². The lowest BCUT2D eigenvalue weighted by atomic mass is 10.2. The van der Waals surface area contributed by atoms with Gasteiger partial charge in [-0.05, 0) is 36.6 Å². The van der Waals surface area contributed by atoms with Gasteiger partial charge in [-0.3, -0.25) is 10.4 Å². The minimum absolute atomic E-state index is 0.329. The van der Waals surface area contributed by atoms with Crippen LogP contribution in [0.2, 0.25) is 0 Å². The van der Waals surface area contributed by atoms with E-state index in [2.05, 4.69) is 27.8 Å². The number of aromatic amines is 1. The normalized spacial score (nSPS) is 18.9. The van der Waals surface area contributed by atoms with Gasteiger partial charge in [0.15, 0.2) is 5.82 Å².